The maximum absolute atomic E-state index is 14.0. The molecule has 2 amide bonds. The van der Waals surface area contributed by atoms with Crippen LogP contribution in [-0.4, -0.2) is 36.3 Å². The Morgan fingerprint density at radius 2 is 1.81 bits per heavy atom. The SMILES string of the molecule is NC(=O)C1=C(C2=C(O)[C@@H]3[C@H]4CC[C@H](C4)[C@@H]3N(Cc3ccc(F)cc3)C2=O)Nc2ccccc2S1(=O)=O. The lowest BCUT2D eigenvalue weighted by Crippen LogP contribution is -2.53. The van der Waals surface area contributed by atoms with Gasteiger partial charge in [0.05, 0.1) is 16.3 Å². The molecular formula is C26H24FN3O5S. The lowest BCUT2D eigenvalue weighted by molar-refractivity contribution is -0.134. The highest BCUT2D eigenvalue weighted by atomic mass is 32.2. The predicted molar refractivity (Wildman–Crippen MR) is 128 cm³/mol. The monoisotopic (exact) mass is 509 g/mol. The summed E-state index contributed by atoms with van der Waals surface area (Å²) >= 11 is 0. The van der Waals surface area contributed by atoms with Crippen LogP contribution in [0.2, 0.25) is 0 Å². The number of hydrogen-bond acceptors (Lipinski definition) is 6. The first kappa shape index (κ1) is 22.8. The molecule has 186 valence electrons. The third-order valence-corrected chi connectivity index (χ3v) is 9.83. The molecule has 0 spiro atoms. The summed E-state index contributed by atoms with van der Waals surface area (Å²) in [7, 11) is -4.36. The van der Waals surface area contributed by atoms with Crippen LogP contribution in [0.15, 0.2) is 75.4 Å². The van der Waals surface area contributed by atoms with Crippen molar-refractivity contribution in [1.82, 2.24) is 4.90 Å². The number of hydrogen-bond donors (Lipinski definition) is 3. The number of para-hydroxylation sites is 1. The summed E-state index contributed by atoms with van der Waals surface area (Å²) in [5.74, 6) is -2.48. The number of rotatable bonds is 4. The minimum absolute atomic E-state index is 0.129. The molecule has 2 saturated carbocycles. The van der Waals surface area contributed by atoms with Gasteiger partial charge >= 0.3 is 0 Å². The number of primary amides is 1. The van der Waals surface area contributed by atoms with E-state index in [1.165, 1.54) is 30.3 Å². The number of sulfone groups is 1. The Kier molecular flexibility index (Phi) is 5.01. The molecule has 2 fully saturated rings. The molecular weight excluding hydrogens is 485 g/mol. The van der Waals surface area contributed by atoms with Crippen LogP contribution < -0.4 is 11.1 Å². The minimum Gasteiger partial charge on any atom is -0.511 e. The van der Waals surface area contributed by atoms with Crippen LogP contribution in [-0.2, 0) is 26.0 Å². The molecule has 8 nitrogen and oxygen atoms in total. The Hall–Kier alpha value is -3.66. The second-order valence-corrected chi connectivity index (χ2v) is 11.7. The summed E-state index contributed by atoms with van der Waals surface area (Å²) in [6.07, 6.45) is 2.66. The van der Waals surface area contributed by atoms with E-state index in [9.17, 15) is 27.5 Å². The van der Waals surface area contributed by atoms with Gasteiger partial charge in [0.1, 0.15) is 17.1 Å². The molecule has 4 atom stereocenters. The first-order chi connectivity index (χ1) is 17.2. The van der Waals surface area contributed by atoms with Crippen LogP contribution >= 0.6 is 0 Å². The highest BCUT2D eigenvalue weighted by molar-refractivity contribution is 7.96. The third-order valence-electron chi connectivity index (χ3n) is 7.95. The van der Waals surface area contributed by atoms with E-state index < -0.39 is 32.4 Å². The molecule has 36 heavy (non-hydrogen) atoms. The predicted octanol–water partition coefficient (Wildman–Crippen LogP) is 2.99. The van der Waals surface area contributed by atoms with Crippen molar-refractivity contribution in [2.24, 2.45) is 23.5 Å². The number of halogens is 1. The van der Waals surface area contributed by atoms with Crippen molar-refractivity contribution in [2.45, 2.75) is 36.7 Å². The van der Waals surface area contributed by atoms with Crippen LogP contribution in [0.3, 0.4) is 0 Å². The highest BCUT2D eigenvalue weighted by Crippen LogP contribution is 2.56. The highest BCUT2D eigenvalue weighted by Gasteiger charge is 2.57. The summed E-state index contributed by atoms with van der Waals surface area (Å²) in [5, 5.41) is 14.4. The molecule has 0 saturated heterocycles. The van der Waals surface area contributed by atoms with Crippen LogP contribution in [0, 0.1) is 23.6 Å². The maximum atomic E-state index is 14.0. The number of aliphatic hydroxyl groups excluding tert-OH is 1. The molecule has 0 radical (unpaired) electrons. The summed E-state index contributed by atoms with van der Waals surface area (Å²) in [5.41, 5.74) is 5.88. The number of carbonyl (C=O) groups excluding carboxylic acids is 2. The van der Waals surface area contributed by atoms with E-state index in [0.717, 1.165) is 19.3 Å². The van der Waals surface area contributed by atoms with Crippen molar-refractivity contribution in [3.63, 3.8) is 0 Å². The van der Waals surface area contributed by atoms with E-state index >= 15 is 0 Å². The molecule has 4 aliphatic rings. The van der Waals surface area contributed by atoms with E-state index in [1.54, 1.807) is 23.1 Å². The fraction of sp³-hybridized carbons (Fsp3) is 0.308. The van der Waals surface area contributed by atoms with E-state index in [4.69, 9.17) is 5.73 Å². The standard InChI is InChI=1S/C26H24FN3O5S/c27-16-9-5-13(6-10-16)12-30-22-15-8-7-14(11-15)19(22)23(31)20(26(30)33)21-24(25(28)32)36(34,35)18-4-2-1-3-17(18)29-21/h1-6,9-10,14-15,19,22,29,31H,7-8,11-12H2,(H2,28,32)/t14-,15+,19+,22-/m0/s1. The quantitative estimate of drug-likeness (QED) is 0.581. The number of nitrogens with zero attached hydrogens (tertiary/aromatic N) is 1. The summed E-state index contributed by atoms with van der Waals surface area (Å²) in [6.45, 7) is 0.156. The maximum Gasteiger partial charge on any atom is 0.262 e. The van der Waals surface area contributed by atoms with Crippen molar-refractivity contribution in [2.75, 3.05) is 5.32 Å². The van der Waals surface area contributed by atoms with Gasteiger partial charge in [-0.1, -0.05) is 24.3 Å². The van der Waals surface area contributed by atoms with Gasteiger partial charge in [-0.3, -0.25) is 9.59 Å². The Bertz CT molecular complexity index is 1480. The van der Waals surface area contributed by atoms with Crippen molar-refractivity contribution < 1.29 is 27.5 Å². The Morgan fingerprint density at radius 1 is 1.11 bits per heavy atom. The largest absolute Gasteiger partial charge is 0.511 e. The molecule has 6 rings (SSSR count). The molecule has 2 aliphatic heterocycles. The summed E-state index contributed by atoms with van der Waals surface area (Å²) in [6, 6.07) is 11.6. The van der Waals surface area contributed by atoms with Gasteiger partial charge in [0.25, 0.3) is 11.8 Å². The van der Waals surface area contributed by atoms with E-state index in [-0.39, 0.29) is 58.0 Å². The Morgan fingerprint density at radius 3 is 2.53 bits per heavy atom. The molecule has 2 aliphatic carbocycles. The number of nitrogens with two attached hydrogens (primary N) is 1. The molecule has 2 bridgehead atoms. The van der Waals surface area contributed by atoms with Gasteiger partial charge in [0.15, 0.2) is 4.91 Å². The zero-order chi connectivity index (χ0) is 25.4. The van der Waals surface area contributed by atoms with Crippen LogP contribution in [0.5, 0.6) is 0 Å². The van der Waals surface area contributed by atoms with Crippen LogP contribution in [0.4, 0.5) is 10.1 Å². The summed E-state index contributed by atoms with van der Waals surface area (Å²) in [4.78, 5) is 27.3. The Balaban J connectivity index is 1.53. The van der Waals surface area contributed by atoms with Gasteiger partial charge in [-0.05, 0) is 60.9 Å². The topological polar surface area (TPSA) is 130 Å². The van der Waals surface area contributed by atoms with Gasteiger partial charge < -0.3 is 21.1 Å². The first-order valence-corrected chi connectivity index (χ1v) is 13.3. The second-order valence-electron chi connectivity index (χ2n) is 9.86. The number of anilines is 1. The summed E-state index contributed by atoms with van der Waals surface area (Å²) < 4.78 is 40.3. The number of aliphatic hydroxyl groups is 1. The molecule has 4 N–H and O–H groups in total. The minimum atomic E-state index is -4.36. The van der Waals surface area contributed by atoms with Gasteiger partial charge in [-0.15, -0.1) is 0 Å². The van der Waals surface area contributed by atoms with Crippen molar-refractivity contribution in [3.8, 4) is 0 Å². The van der Waals surface area contributed by atoms with Crippen molar-refractivity contribution >= 4 is 27.3 Å². The molecule has 0 unspecified atom stereocenters. The molecule has 10 heteroatoms. The van der Waals surface area contributed by atoms with Gasteiger partial charge in [-0.25, -0.2) is 12.8 Å². The van der Waals surface area contributed by atoms with Gasteiger partial charge in [0.2, 0.25) is 9.84 Å². The lowest BCUT2D eigenvalue weighted by Gasteiger charge is -2.44. The van der Waals surface area contributed by atoms with Crippen LogP contribution in [0.1, 0.15) is 24.8 Å². The smallest absolute Gasteiger partial charge is 0.262 e. The zero-order valence-corrected chi connectivity index (χ0v) is 20.0. The van der Waals surface area contributed by atoms with E-state index in [2.05, 4.69) is 5.32 Å². The van der Waals surface area contributed by atoms with Gasteiger partial charge in [0, 0.05) is 18.5 Å². The van der Waals surface area contributed by atoms with Crippen molar-refractivity contribution in [1.29, 1.82) is 0 Å². The van der Waals surface area contributed by atoms with Crippen LogP contribution in [0.25, 0.3) is 0 Å². The zero-order valence-electron chi connectivity index (χ0n) is 19.1. The molecule has 2 heterocycles. The number of nitrogens with one attached hydrogen (secondary N) is 1. The molecule has 2 aromatic carbocycles. The molecule has 0 aromatic heterocycles. The fourth-order valence-corrected chi connectivity index (χ4v) is 8.09. The van der Waals surface area contributed by atoms with Crippen molar-refractivity contribution in [3.05, 3.63) is 81.8 Å². The number of benzene rings is 2. The van der Waals surface area contributed by atoms with Gasteiger partial charge in [-0.2, -0.15) is 0 Å². The third kappa shape index (κ3) is 3.20. The number of amides is 2. The lowest BCUT2D eigenvalue weighted by atomic mass is 9.77. The average molecular weight is 510 g/mol. The normalized spacial score (nSPS) is 28.1. The number of carbonyl (C=O) groups is 2. The average Bonchev–Trinajstić information content (AvgIpc) is 3.45. The van der Waals surface area contributed by atoms with E-state index in [0.29, 0.717) is 5.56 Å². The van der Waals surface area contributed by atoms with E-state index in [1.807, 2.05) is 0 Å². The molecule has 2 aromatic rings. The first-order valence-electron chi connectivity index (χ1n) is 11.8. The fourth-order valence-electron chi connectivity index (χ4n) is 6.52. The Labute approximate surface area is 207 Å². The number of fused-ring (bicyclic) bond motifs is 6. The second kappa shape index (κ2) is 7.92.